The van der Waals surface area contributed by atoms with E-state index in [1.165, 1.54) is 50.4 Å². The number of ether oxygens (including phenoxy) is 3. The first-order valence-corrected chi connectivity index (χ1v) is 16.3. The van der Waals surface area contributed by atoms with Gasteiger partial charge in [0.2, 0.25) is 16.0 Å². The van der Waals surface area contributed by atoms with Gasteiger partial charge < -0.3 is 24.6 Å². The predicted molar refractivity (Wildman–Crippen MR) is 172 cm³/mol. The Labute approximate surface area is 273 Å². The molecule has 46 heavy (non-hydrogen) atoms. The molecule has 0 bridgehead atoms. The number of halogens is 2. The molecule has 1 amide bonds. The van der Waals surface area contributed by atoms with Gasteiger partial charge in [0.25, 0.3) is 0 Å². The van der Waals surface area contributed by atoms with Gasteiger partial charge in [0.15, 0.2) is 17.3 Å². The van der Waals surface area contributed by atoms with Crippen LogP contribution in [0.5, 0.6) is 11.5 Å². The van der Waals surface area contributed by atoms with Crippen LogP contribution in [0.15, 0.2) is 48.5 Å². The van der Waals surface area contributed by atoms with Crippen LogP contribution in [0.4, 0.5) is 9.18 Å². The number of nitrogens with one attached hydrogen (secondary N) is 1. The van der Waals surface area contributed by atoms with Crippen LogP contribution < -0.4 is 19.9 Å². The molecule has 4 N–H and O–H groups in total. The maximum absolute atomic E-state index is 14.0. The summed E-state index contributed by atoms with van der Waals surface area (Å²) >= 11 is 6.05. The van der Waals surface area contributed by atoms with E-state index in [0.717, 1.165) is 0 Å². The lowest BCUT2D eigenvalue weighted by atomic mass is 9.87. The van der Waals surface area contributed by atoms with Crippen molar-refractivity contribution in [2.75, 3.05) is 13.0 Å². The van der Waals surface area contributed by atoms with Crippen molar-refractivity contribution < 1.29 is 41.7 Å². The lowest BCUT2D eigenvalue weighted by Crippen LogP contribution is -2.44. The van der Waals surface area contributed by atoms with E-state index in [-0.39, 0.29) is 46.4 Å². The minimum Gasteiger partial charge on any atom is -0.493 e. The van der Waals surface area contributed by atoms with E-state index >= 15 is 0 Å². The molecule has 1 atom stereocenters. The Kier molecular flexibility index (Phi) is 11.1. The van der Waals surface area contributed by atoms with E-state index < -0.39 is 44.6 Å². The van der Waals surface area contributed by atoms with Gasteiger partial charge in [0, 0.05) is 17.5 Å². The number of pyridine rings is 1. The third-order valence-electron chi connectivity index (χ3n) is 6.83. The Morgan fingerprint density at radius 3 is 2.28 bits per heavy atom. The number of nitrogens with two attached hydrogens (primary N) is 1. The summed E-state index contributed by atoms with van der Waals surface area (Å²) in [6.45, 7) is 10.2. The average Bonchev–Trinajstić information content (AvgIpc) is 2.94. The summed E-state index contributed by atoms with van der Waals surface area (Å²) < 4.78 is 52.4. The summed E-state index contributed by atoms with van der Waals surface area (Å²) in [4.78, 5) is 30.5. The van der Waals surface area contributed by atoms with Crippen molar-refractivity contribution in [3.8, 4) is 22.8 Å². The Morgan fingerprint density at radius 2 is 1.70 bits per heavy atom. The Balaban J connectivity index is 1.94. The van der Waals surface area contributed by atoms with E-state index in [1.807, 2.05) is 0 Å². The summed E-state index contributed by atoms with van der Waals surface area (Å²) in [6.07, 6.45) is -0.829. The SMILES string of the molecule is COc1cc(C(=O)CCC(C)(O)c2cc(C(C)(C)NC(=O)OC(C)(C)C)cc(-c3ccc(F)c(Cl)c3)n2)ccc1OCS(N)(=O)=O. The molecule has 0 aliphatic heterocycles. The number of benzene rings is 2. The van der Waals surface area contributed by atoms with E-state index in [4.69, 9.17) is 31.0 Å². The first-order valence-electron chi connectivity index (χ1n) is 14.2. The minimum atomic E-state index is -3.90. The Morgan fingerprint density at radius 1 is 1.02 bits per heavy atom. The summed E-state index contributed by atoms with van der Waals surface area (Å²) in [5, 5.41) is 19.4. The third-order valence-corrected chi connectivity index (χ3v) is 7.57. The Hall–Kier alpha value is -3.78. The number of primary sulfonamides is 1. The largest absolute Gasteiger partial charge is 0.493 e. The number of hydrogen-bond donors (Lipinski definition) is 3. The van der Waals surface area contributed by atoms with Crippen LogP contribution in [0.2, 0.25) is 5.02 Å². The second-order valence-corrected chi connectivity index (χ2v) is 14.5. The highest BCUT2D eigenvalue weighted by molar-refractivity contribution is 7.88. The smallest absolute Gasteiger partial charge is 0.408 e. The zero-order chi connectivity index (χ0) is 34.7. The van der Waals surface area contributed by atoms with Gasteiger partial charge in [0.05, 0.1) is 29.1 Å². The standard InChI is InChI=1S/C32H39ClFN3O8S/c1-30(2,3)45-29(39)37-31(4,5)21-16-24(19-8-10-23(34)22(33)14-19)36-28(17-21)32(6,40)13-12-25(38)20-9-11-26(27(15-20)43-7)44-18-46(35,41)42/h8-11,14-17,40H,12-13,18H2,1-7H3,(H,37,39)(H2,35,41,42). The molecule has 0 aliphatic carbocycles. The van der Waals surface area contributed by atoms with E-state index in [1.54, 1.807) is 46.8 Å². The lowest BCUT2D eigenvalue weighted by Gasteiger charge is -2.31. The number of carbonyl (C=O) groups excluding carboxylic acids is 2. The first kappa shape index (κ1) is 36.7. The molecular weight excluding hydrogens is 641 g/mol. The number of nitrogens with zero attached hydrogens (tertiary/aromatic N) is 1. The predicted octanol–water partition coefficient (Wildman–Crippen LogP) is 5.80. The third kappa shape index (κ3) is 10.1. The van der Waals surface area contributed by atoms with Crippen molar-refractivity contribution >= 4 is 33.5 Å². The van der Waals surface area contributed by atoms with Crippen LogP contribution in [-0.2, 0) is 25.9 Å². The molecule has 0 radical (unpaired) electrons. The van der Waals surface area contributed by atoms with E-state index in [2.05, 4.69) is 10.3 Å². The van der Waals surface area contributed by atoms with Gasteiger partial charge in [-0.1, -0.05) is 11.6 Å². The molecule has 0 fully saturated rings. The number of sulfonamides is 1. The van der Waals surface area contributed by atoms with Crippen LogP contribution in [-0.4, -0.2) is 49.0 Å². The molecule has 1 heterocycles. The van der Waals surface area contributed by atoms with Crippen LogP contribution in [0, 0.1) is 5.82 Å². The fraction of sp³-hybridized carbons (Fsp3) is 0.406. The maximum Gasteiger partial charge on any atom is 0.408 e. The van der Waals surface area contributed by atoms with Gasteiger partial charge in [0.1, 0.15) is 17.0 Å². The summed E-state index contributed by atoms with van der Waals surface area (Å²) in [5.74, 6) is -1.53. The lowest BCUT2D eigenvalue weighted by molar-refractivity contribution is 0.0394. The van der Waals surface area contributed by atoms with Crippen molar-refractivity contribution in [2.24, 2.45) is 5.14 Å². The van der Waals surface area contributed by atoms with Crippen LogP contribution in [0.3, 0.4) is 0 Å². The van der Waals surface area contributed by atoms with Gasteiger partial charge in [-0.25, -0.2) is 27.7 Å². The summed E-state index contributed by atoms with van der Waals surface area (Å²) in [6, 6.07) is 11.6. The highest BCUT2D eigenvalue weighted by Gasteiger charge is 2.32. The zero-order valence-corrected chi connectivity index (χ0v) is 28.3. The van der Waals surface area contributed by atoms with Crippen molar-refractivity contribution in [1.82, 2.24) is 10.3 Å². The number of aliphatic hydroxyl groups is 1. The molecule has 0 saturated heterocycles. The molecule has 14 heteroatoms. The number of rotatable bonds is 12. The molecule has 3 aromatic rings. The number of aromatic nitrogens is 1. The highest BCUT2D eigenvalue weighted by Crippen LogP contribution is 2.34. The topological polar surface area (TPSA) is 167 Å². The zero-order valence-electron chi connectivity index (χ0n) is 26.7. The molecular formula is C32H39ClFN3O8S. The van der Waals surface area contributed by atoms with Crippen molar-refractivity contribution in [2.45, 2.75) is 71.1 Å². The molecule has 2 aromatic carbocycles. The monoisotopic (exact) mass is 679 g/mol. The number of Topliss-reactive ketones (excluding diaryl/α,β-unsaturated/α-hetero) is 1. The number of amides is 1. The molecule has 3 rings (SSSR count). The highest BCUT2D eigenvalue weighted by atomic mass is 35.5. The second kappa shape index (κ2) is 13.9. The molecule has 1 aromatic heterocycles. The number of ketones is 1. The van der Waals surface area contributed by atoms with E-state index in [0.29, 0.717) is 16.8 Å². The average molecular weight is 680 g/mol. The molecule has 0 saturated carbocycles. The number of alkyl carbamates (subject to hydrolysis) is 1. The maximum atomic E-state index is 14.0. The molecule has 250 valence electrons. The second-order valence-electron chi connectivity index (χ2n) is 12.5. The fourth-order valence-corrected chi connectivity index (χ4v) is 4.81. The van der Waals surface area contributed by atoms with Gasteiger partial charge in [-0.2, -0.15) is 0 Å². The van der Waals surface area contributed by atoms with Gasteiger partial charge >= 0.3 is 6.09 Å². The van der Waals surface area contributed by atoms with Crippen molar-refractivity contribution in [3.63, 3.8) is 0 Å². The van der Waals surface area contributed by atoms with Crippen LogP contribution >= 0.6 is 11.6 Å². The Bertz CT molecular complexity index is 1720. The van der Waals surface area contributed by atoms with Gasteiger partial charge in [-0.3, -0.25) is 4.79 Å². The van der Waals surface area contributed by atoms with Crippen LogP contribution in [0.25, 0.3) is 11.3 Å². The van der Waals surface area contributed by atoms with Crippen LogP contribution in [0.1, 0.15) is 76.0 Å². The molecule has 0 aliphatic rings. The number of hydrogen-bond acceptors (Lipinski definition) is 9. The normalized spacial score (nSPS) is 13.5. The number of carbonyl (C=O) groups is 2. The van der Waals surface area contributed by atoms with Gasteiger partial charge in [-0.15, -0.1) is 0 Å². The number of methoxy groups -OCH3 is 1. The molecule has 0 spiro atoms. The van der Waals surface area contributed by atoms with Crippen molar-refractivity contribution in [1.29, 1.82) is 0 Å². The molecule has 11 nitrogen and oxygen atoms in total. The minimum absolute atomic E-state index is 0.0577. The first-order chi connectivity index (χ1) is 21.1. The van der Waals surface area contributed by atoms with Gasteiger partial charge in [-0.05, 0) is 102 Å². The molecule has 1 unspecified atom stereocenters. The van der Waals surface area contributed by atoms with E-state index in [9.17, 15) is 27.5 Å². The van der Waals surface area contributed by atoms with Crippen molar-refractivity contribution in [3.05, 3.63) is 76.2 Å². The quantitative estimate of drug-likeness (QED) is 0.200. The summed E-state index contributed by atoms with van der Waals surface area (Å²) in [5.41, 5.74) is -1.61. The summed E-state index contributed by atoms with van der Waals surface area (Å²) in [7, 11) is -2.57. The fourth-order valence-electron chi connectivity index (χ4n) is 4.34.